The molecular weight excluding hydrogens is 440 g/mol. The average Bonchev–Trinajstić information content (AvgIpc) is 3.43. The van der Waals surface area contributed by atoms with Crippen molar-refractivity contribution >= 4 is 51.6 Å². The van der Waals surface area contributed by atoms with E-state index in [-0.39, 0.29) is 11.4 Å². The first-order valence-electron chi connectivity index (χ1n) is 11.0. The maximum Gasteiger partial charge on any atom is 0.283 e. The first kappa shape index (κ1) is 21.3. The topological polar surface area (TPSA) is 82.0 Å². The van der Waals surface area contributed by atoms with Gasteiger partial charge >= 0.3 is 0 Å². The van der Waals surface area contributed by atoms with E-state index < -0.39 is 5.91 Å². The van der Waals surface area contributed by atoms with Crippen LogP contribution in [0.2, 0.25) is 0 Å². The van der Waals surface area contributed by atoms with E-state index in [9.17, 15) is 4.79 Å². The van der Waals surface area contributed by atoms with Gasteiger partial charge in [0.05, 0.1) is 5.57 Å². The number of carbonyl (C=O) groups excluding carboxylic acids is 1. The molecule has 0 radical (unpaired) electrons. The third-order valence-corrected chi connectivity index (χ3v) is 7.73. The summed E-state index contributed by atoms with van der Waals surface area (Å²) >= 11 is 2.92. The van der Waals surface area contributed by atoms with Crippen molar-refractivity contribution in [2.24, 2.45) is 16.0 Å². The molecule has 1 fully saturated rings. The van der Waals surface area contributed by atoms with Gasteiger partial charge in [-0.25, -0.2) is 0 Å². The molecule has 8 heteroatoms. The van der Waals surface area contributed by atoms with Crippen LogP contribution in [-0.2, 0) is 4.79 Å². The fourth-order valence-electron chi connectivity index (χ4n) is 4.15. The number of nitrogens with one attached hydrogen (secondary N) is 1. The van der Waals surface area contributed by atoms with Gasteiger partial charge in [-0.05, 0) is 60.9 Å². The highest BCUT2D eigenvalue weighted by Crippen LogP contribution is 2.34. The van der Waals surface area contributed by atoms with Crippen LogP contribution in [0.1, 0.15) is 50.7 Å². The number of carbonyl (C=O) groups is 1. The monoisotopic (exact) mass is 464 g/mol. The summed E-state index contributed by atoms with van der Waals surface area (Å²) in [6.45, 7) is 0. The van der Waals surface area contributed by atoms with Crippen LogP contribution in [0, 0.1) is 11.3 Å². The number of benzene rings is 1. The number of hydrazone groups is 1. The van der Waals surface area contributed by atoms with Crippen molar-refractivity contribution in [1.29, 1.82) is 5.41 Å². The highest BCUT2D eigenvalue weighted by Gasteiger charge is 2.35. The molecule has 2 aliphatic heterocycles. The Bertz CT molecular complexity index is 1110. The number of furan rings is 1. The van der Waals surface area contributed by atoms with Crippen molar-refractivity contribution in [2.75, 3.05) is 0 Å². The van der Waals surface area contributed by atoms with Crippen molar-refractivity contribution in [2.45, 2.75) is 54.9 Å². The minimum absolute atomic E-state index is 0.0498. The number of aliphatic imine (C=N–C) groups is 1. The van der Waals surface area contributed by atoms with Gasteiger partial charge in [-0.2, -0.15) is 15.1 Å². The Morgan fingerprint density at radius 3 is 2.78 bits per heavy atom. The van der Waals surface area contributed by atoms with Gasteiger partial charge in [0, 0.05) is 4.90 Å². The van der Waals surface area contributed by atoms with Crippen LogP contribution < -0.4 is 0 Å². The highest BCUT2D eigenvalue weighted by molar-refractivity contribution is 8.26. The maximum absolute atomic E-state index is 12.6. The van der Waals surface area contributed by atoms with Gasteiger partial charge in [-0.1, -0.05) is 62.1 Å². The van der Waals surface area contributed by atoms with Crippen LogP contribution in [0.3, 0.4) is 0 Å². The molecule has 32 heavy (non-hydrogen) atoms. The fourth-order valence-corrected chi connectivity index (χ4v) is 5.85. The number of fused-ring (bicyclic) bond motifs is 1. The van der Waals surface area contributed by atoms with E-state index >= 15 is 0 Å². The lowest BCUT2D eigenvalue weighted by Crippen LogP contribution is -2.35. The Morgan fingerprint density at radius 1 is 1.16 bits per heavy atom. The number of rotatable bonds is 6. The lowest BCUT2D eigenvalue weighted by Gasteiger charge is -2.20. The molecular formula is C24H24N4O2S2. The molecule has 1 amide bonds. The Morgan fingerprint density at radius 2 is 1.97 bits per heavy atom. The molecule has 1 saturated carbocycles. The van der Waals surface area contributed by atoms with Crippen molar-refractivity contribution in [3.63, 3.8) is 0 Å². The smallest absolute Gasteiger partial charge is 0.283 e. The summed E-state index contributed by atoms with van der Waals surface area (Å²) < 4.78 is 5.85. The number of hydrogen-bond acceptors (Lipinski definition) is 6. The average molecular weight is 465 g/mol. The number of nitrogens with zero attached hydrogens (tertiary/aromatic N) is 3. The quantitative estimate of drug-likeness (QED) is 0.500. The molecule has 0 saturated heterocycles. The number of amides is 1. The largest absolute Gasteiger partial charge is 0.450 e. The first-order valence-corrected chi connectivity index (χ1v) is 12.6. The van der Waals surface area contributed by atoms with E-state index in [1.165, 1.54) is 60.6 Å². The van der Waals surface area contributed by atoms with E-state index in [1.54, 1.807) is 12.1 Å². The van der Waals surface area contributed by atoms with E-state index in [1.807, 2.05) is 36.4 Å². The summed E-state index contributed by atoms with van der Waals surface area (Å²) in [7, 11) is 0. The standard InChI is InChI=1S/C24H24N4O2S2/c25-22-19(15-17-12-14-21(30-17)31-18-9-5-2-6-10-18)23(29)26-24-28(22)27-20(32-24)13-11-16-7-3-1-4-8-16/h2,5-6,9-10,12,14-16,25H,1,3-4,7-8,11,13H2/b19-15-,25-22?. The fraction of sp³-hybridized carbons (Fsp3) is 0.333. The molecule has 1 N–H and O–H groups in total. The second-order valence-electron chi connectivity index (χ2n) is 8.13. The molecule has 164 valence electrons. The number of thioether (sulfide) groups is 1. The summed E-state index contributed by atoms with van der Waals surface area (Å²) in [6, 6.07) is 13.6. The van der Waals surface area contributed by atoms with Gasteiger partial charge in [0.15, 0.2) is 10.9 Å². The van der Waals surface area contributed by atoms with Gasteiger partial charge in [-0.15, -0.1) is 0 Å². The van der Waals surface area contributed by atoms with Crippen molar-refractivity contribution in [3.8, 4) is 0 Å². The van der Waals surface area contributed by atoms with E-state index in [4.69, 9.17) is 9.83 Å². The molecule has 6 nitrogen and oxygen atoms in total. The molecule has 0 unspecified atom stereocenters. The molecule has 1 aliphatic carbocycles. The zero-order valence-electron chi connectivity index (χ0n) is 17.6. The van der Waals surface area contributed by atoms with Crippen LogP contribution in [-0.4, -0.2) is 27.0 Å². The van der Waals surface area contributed by atoms with Crippen LogP contribution in [0.5, 0.6) is 0 Å². The van der Waals surface area contributed by atoms with Crippen LogP contribution in [0.25, 0.3) is 6.08 Å². The molecule has 0 atom stereocenters. The second kappa shape index (κ2) is 9.50. The normalized spacial score (nSPS) is 20.5. The molecule has 0 spiro atoms. The Balaban J connectivity index is 1.27. The minimum Gasteiger partial charge on any atom is -0.450 e. The number of hydrogen-bond donors (Lipinski definition) is 1. The van der Waals surface area contributed by atoms with E-state index in [0.29, 0.717) is 10.9 Å². The molecule has 0 bridgehead atoms. The summed E-state index contributed by atoms with van der Waals surface area (Å²) in [5, 5.41) is 16.8. The van der Waals surface area contributed by atoms with Gasteiger partial charge in [0.1, 0.15) is 10.8 Å². The lowest BCUT2D eigenvalue weighted by molar-refractivity contribution is -0.114. The molecule has 3 aliphatic rings. The Labute approximate surface area is 195 Å². The zero-order valence-corrected chi connectivity index (χ0v) is 19.3. The SMILES string of the molecule is N=C1/C(=C/c2ccc(Sc3ccccc3)o2)C(=O)N=C2SC(CCC3CCCCC3)=NN12. The predicted octanol–water partition coefficient (Wildman–Crippen LogP) is 6.41. The van der Waals surface area contributed by atoms with Gasteiger partial charge in [0.2, 0.25) is 5.17 Å². The summed E-state index contributed by atoms with van der Waals surface area (Å²) in [5.41, 5.74) is 0.192. The molecule has 1 aromatic heterocycles. The van der Waals surface area contributed by atoms with Gasteiger partial charge in [0.25, 0.3) is 5.91 Å². The lowest BCUT2D eigenvalue weighted by atomic mass is 9.86. The third-order valence-electron chi connectivity index (χ3n) is 5.84. The molecule has 1 aromatic carbocycles. The Kier molecular flexibility index (Phi) is 6.32. The van der Waals surface area contributed by atoms with Crippen molar-refractivity contribution in [1.82, 2.24) is 5.01 Å². The van der Waals surface area contributed by atoms with Crippen LogP contribution >= 0.6 is 23.5 Å². The van der Waals surface area contributed by atoms with E-state index in [2.05, 4.69) is 10.1 Å². The van der Waals surface area contributed by atoms with Crippen molar-refractivity contribution < 1.29 is 9.21 Å². The maximum atomic E-state index is 12.6. The zero-order chi connectivity index (χ0) is 21.9. The summed E-state index contributed by atoms with van der Waals surface area (Å²) in [5.74, 6) is 0.911. The first-order chi connectivity index (χ1) is 15.7. The van der Waals surface area contributed by atoms with Gasteiger partial charge < -0.3 is 4.42 Å². The minimum atomic E-state index is -0.425. The Hall–Kier alpha value is -2.58. The summed E-state index contributed by atoms with van der Waals surface area (Å²) in [6.07, 6.45) is 10.2. The second-order valence-corrected chi connectivity index (χ2v) is 10.2. The predicted molar refractivity (Wildman–Crippen MR) is 130 cm³/mol. The third kappa shape index (κ3) is 4.76. The van der Waals surface area contributed by atoms with Crippen LogP contribution in [0.15, 0.2) is 72.5 Å². The van der Waals surface area contributed by atoms with Crippen LogP contribution in [0.4, 0.5) is 0 Å². The number of amidine groups is 2. The highest BCUT2D eigenvalue weighted by atomic mass is 32.2. The molecule has 5 rings (SSSR count). The summed E-state index contributed by atoms with van der Waals surface area (Å²) in [4.78, 5) is 17.9. The molecule has 3 heterocycles. The van der Waals surface area contributed by atoms with Gasteiger partial charge in [-0.3, -0.25) is 10.2 Å². The van der Waals surface area contributed by atoms with Crippen molar-refractivity contribution in [3.05, 3.63) is 53.8 Å². The molecule has 2 aromatic rings. The van der Waals surface area contributed by atoms with E-state index in [0.717, 1.165) is 33.8 Å².